The van der Waals surface area contributed by atoms with Crippen molar-refractivity contribution in [3.8, 4) is 5.75 Å². The average Bonchev–Trinajstić information content (AvgIpc) is 2.92. The molecule has 0 aliphatic rings. The molecule has 0 aliphatic heterocycles. The molecule has 2 aromatic rings. The van der Waals surface area contributed by atoms with Crippen LogP contribution in [-0.4, -0.2) is 28.0 Å². The highest BCUT2D eigenvalue weighted by Crippen LogP contribution is 2.15. The van der Waals surface area contributed by atoms with Gasteiger partial charge in [0.1, 0.15) is 5.75 Å². The van der Waals surface area contributed by atoms with Crippen LogP contribution >= 0.6 is 28.1 Å². The predicted octanol–water partition coefficient (Wildman–Crippen LogP) is 3.42. The van der Waals surface area contributed by atoms with Crippen molar-refractivity contribution in [3.05, 3.63) is 41.1 Å². The number of hydrogen-bond acceptors (Lipinski definition) is 3. The molecule has 0 amide bonds. The molecule has 0 saturated carbocycles. The van der Waals surface area contributed by atoms with Crippen molar-refractivity contribution >= 4 is 38.9 Å². The van der Waals surface area contributed by atoms with Gasteiger partial charge in [0.2, 0.25) is 0 Å². The van der Waals surface area contributed by atoms with Gasteiger partial charge in [-0.15, -0.1) is 0 Å². The van der Waals surface area contributed by atoms with Crippen LogP contribution in [0.3, 0.4) is 0 Å². The highest BCUT2D eigenvalue weighted by Gasteiger charge is 1.99. The Kier molecular flexibility index (Phi) is 6.67. The number of aryl methyl sites for hydroxylation is 1. The lowest BCUT2D eigenvalue weighted by Crippen LogP contribution is -2.29. The molecule has 0 fully saturated rings. The highest BCUT2D eigenvalue weighted by atomic mass is 79.9. The number of hydrogen-bond donors (Lipinski definition) is 2. The number of thiocarbonyl (C=S) groups is 1. The number of nitrogens with zero attached hydrogens (tertiary/aromatic N) is 2. The molecular formula is C15H19BrN4OS. The summed E-state index contributed by atoms with van der Waals surface area (Å²) in [7, 11) is 0. The summed E-state index contributed by atoms with van der Waals surface area (Å²) >= 11 is 8.65. The molecule has 0 spiro atoms. The van der Waals surface area contributed by atoms with Crippen LogP contribution in [0.15, 0.2) is 41.1 Å². The topological polar surface area (TPSA) is 51.1 Å². The van der Waals surface area contributed by atoms with Crippen LogP contribution in [0.5, 0.6) is 5.75 Å². The minimum Gasteiger partial charge on any atom is -0.494 e. The van der Waals surface area contributed by atoms with Crippen LogP contribution < -0.4 is 15.4 Å². The summed E-state index contributed by atoms with van der Waals surface area (Å²) in [5, 5.41) is 11.2. The first-order valence-corrected chi connectivity index (χ1v) is 8.33. The molecular weight excluding hydrogens is 364 g/mol. The van der Waals surface area contributed by atoms with Gasteiger partial charge in [-0.05, 0) is 65.8 Å². The Labute approximate surface area is 144 Å². The molecule has 0 atom stereocenters. The second-order valence-electron chi connectivity index (χ2n) is 4.61. The Bertz CT molecular complexity index is 600. The zero-order chi connectivity index (χ0) is 15.8. The minimum absolute atomic E-state index is 0.616. The maximum Gasteiger partial charge on any atom is 0.170 e. The lowest BCUT2D eigenvalue weighted by molar-refractivity contribution is 0.340. The second-order valence-corrected chi connectivity index (χ2v) is 5.94. The third kappa shape index (κ3) is 5.65. The smallest absolute Gasteiger partial charge is 0.170 e. The summed E-state index contributed by atoms with van der Waals surface area (Å²) in [4.78, 5) is 0. The molecule has 0 unspecified atom stereocenters. The second kappa shape index (κ2) is 8.75. The van der Waals surface area contributed by atoms with E-state index in [4.69, 9.17) is 17.0 Å². The first kappa shape index (κ1) is 16.8. The molecule has 0 saturated heterocycles. The average molecular weight is 383 g/mol. The van der Waals surface area contributed by atoms with Gasteiger partial charge in [-0.1, -0.05) is 0 Å². The molecule has 2 N–H and O–H groups in total. The predicted molar refractivity (Wildman–Crippen MR) is 96.4 cm³/mol. The zero-order valence-electron chi connectivity index (χ0n) is 12.4. The number of rotatable bonds is 7. The van der Waals surface area contributed by atoms with E-state index in [2.05, 4.69) is 31.7 Å². The van der Waals surface area contributed by atoms with Gasteiger partial charge in [-0.3, -0.25) is 4.68 Å². The Morgan fingerprint density at radius 2 is 2.14 bits per heavy atom. The SMILES string of the molecule is CCOc1ccc(NC(=S)NCCCn2cc(Br)cn2)cc1. The Morgan fingerprint density at radius 3 is 2.77 bits per heavy atom. The van der Waals surface area contributed by atoms with Crippen LogP contribution in [-0.2, 0) is 6.54 Å². The molecule has 7 heteroatoms. The molecule has 1 aromatic carbocycles. The van der Waals surface area contributed by atoms with Gasteiger partial charge < -0.3 is 15.4 Å². The van der Waals surface area contributed by atoms with E-state index in [0.717, 1.165) is 35.4 Å². The molecule has 1 heterocycles. The van der Waals surface area contributed by atoms with Gasteiger partial charge in [0.25, 0.3) is 0 Å². The Balaban J connectivity index is 1.66. The van der Waals surface area contributed by atoms with Gasteiger partial charge in [-0.2, -0.15) is 5.10 Å². The molecule has 1 aromatic heterocycles. The molecule has 0 aliphatic carbocycles. The van der Waals surface area contributed by atoms with Crippen LogP contribution in [0.4, 0.5) is 5.69 Å². The minimum atomic E-state index is 0.616. The molecule has 22 heavy (non-hydrogen) atoms. The van der Waals surface area contributed by atoms with Crippen molar-refractivity contribution in [2.45, 2.75) is 19.9 Å². The van der Waals surface area contributed by atoms with Crippen molar-refractivity contribution in [1.82, 2.24) is 15.1 Å². The Morgan fingerprint density at radius 1 is 1.36 bits per heavy atom. The number of aromatic nitrogens is 2. The summed E-state index contributed by atoms with van der Waals surface area (Å²) < 4.78 is 8.29. The summed E-state index contributed by atoms with van der Waals surface area (Å²) in [5.74, 6) is 0.859. The first-order chi connectivity index (χ1) is 10.7. The monoisotopic (exact) mass is 382 g/mol. The Hall–Kier alpha value is -1.60. The quantitative estimate of drug-likeness (QED) is 0.567. The fraction of sp³-hybridized carbons (Fsp3) is 0.333. The van der Waals surface area contributed by atoms with E-state index in [1.165, 1.54) is 0 Å². The number of anilines is 1. The van der Waals surface area contributed by atoms with Crippen molar-refractivity contribution < 1.29 is 4.74 Å². The van der Waals surface area contributed by atoms with Crippen molar-refractivity contribution in [2.24, 2.45) is 0 Å². The summed E-state index contributed by atoms with van der Waals surface area (Å²) in [6.07, 6.45) is 4.68. The van der Waals surface area contributed by atoms with Crippen LogP contribution in [0, 0.1) is 0 Å². The van der Waals surface area contributed by atoms with Crippen molar-refractivity contribution in [1.29, 1.82) is 0 Å². The van der Waals surface area contributed by atoms with E-state index in [-0.39, 0.29) is 0 Å². The van der Waals surface area contributed by atoms with Crippen LogP contribution in [0.25, 0.3) is 0 Å². The van der Waals surface area contributed by atoms with E-state index in [0.29, 0.717) is 11.7 Å². The molecule has 2 rings (SSSR count). The van der Waals surface area contributed by atoms with Gasteiger partial charge >= 0.3 is 0 Å². The van der Waals surface area contributed by atoms with E-state index in [1.54, 1.807) is 6.20 Å². The van der Waals surface area contributed by atoms with E-state index < -0.39 is 0 Å². The lowest BCUT2D eigenvalue weighted by Gasteiger charge is -2.11. The van der Waals surface area contributed by atoms with E-state index in [9.17, 15) is 0 Å². The van der Waals surface area contributed by atoms with Crippen molar-refractivity contribution in [3.63, 3.8) is 0 Å². The fourth-order valence-electron chi connectivity index (χ4n) is 1.88. The van der Waals surface area contributed by atoms with Gasteiger partial charge in [0, 0.05) is 25.0 Å². The third-order valence-electron chi connectivity index (χ3n) is 2.87. The van der Waals surface area contributed by atoms with Crippen LogP contribution in [0.2, 0.25) is 0 Å². The number of nitrogens with one attached hydrogen (secondary N) is 2. The van der Waals surface area contributed by atoms with Gasteiger partial charge in [0.15, 0.2) is 5.11 Å². The molecule has 0 radical (unpaired) electrons. The largest absolute Gasteiger partial charge is 0.494 e. The highest BCUT2D eigenvalue weighted by molar-refractivity contribution is 9.10. The molecule has 5 nitrogen and oxygen atoms in total. The van der Waals surface area contributed by atoms with E-state index in [1.807, 2.05) is 42.1 Å². The molecule has 0 bridgehead atoms. The van der Waals surface area contributed by atoms with Crippen LogP contribution in [0.1, 0.15) is 13.3 Å². The van der Waals surface area contributed by atoms with E-state index >= 15 is 0 Å². The maximum atomic E-state index is 5.40. The number of benzene rings is 1. The number of ether oxygens (including phenoxy) is 1. The standard InChI is InChI=1S/C15H19BrN4OS/c1-2-21-14-6-4-13(5-7-14)19-15(22)17-8-3-9-20-11-12(16)10-18-20/h4-7,10-11H,2-3,8-9H2,1H3,(H2,17,19,22). The number of halogens is 1. The fourth-order valence-corrected chi connectivity index (χ4v) is 2.43. The lowest BCUT2D eigenvalue weighted by atomic mass is 10.3. The zero-order valence-corrected chi connectivity index (χ0v) is 14.8. The normalized spacial score (nSPS) is 10.3. The summed E-state index contributed by atoms with van der Waals surface area (Å²) in [6, 6.07) is 7.73. The maximum absolute atomic E-state index is 5.40. The molecule has 118 valence electrons. The van der Waals surface area contributed by atoms with Gasteiger partial charge in [0.05, 0.1) is 17.3 Å². The van der Waals surface area contributed by atoms with Gasteiger partial charge in [-0.25, -0.2) is 0 Å². The first-order valence-electron chi connectivity index (χ1n) is 7.13. The van der Waals surface area contributed by atoms with Crippen molar-refractivity contribution in [2.75, 3.05) is 18.5 Å². The third-order valence-corrected chi connectivity index (χ3v) is 3.53. The summed E-state index contributed by atoms with van der Waals surface area (Å²) in [5.41, 5.74) is 0.942. The summed E-state index contributed by atoms with van der Waals surface area (Å²) in [6.45, 7) is 4.28.